The van der Waals surface area contributed by atoms with Crippen molar-refractivity contribution in [2.75, 3.05) is 63.9 Å². The van der Waals surface area contributed by atoms with Gasteiger partial charge in [0, 0.05) is 74.5 Å². The van der Waals surface area contributed by atoms with Gasteiger partial charge in [-0.05, 0) is 103 Å². The van der Waals surface area contributed by atoms with Crippen LogP contribution in [0.4, 0.5) is 14.6 Å². The first-order valence-electron chi connectivity index (χ1n) is 26.8. The van der Waals surface area contributed by atoms with Gasteiger partial charge in [0.2, 0.25) is 5.91 Å². The molecule has 0 radical (unpaired) electrons. The Kier molecular flexibility index (Phi) is 16.3. The van der Waals surface area contributed by atoms with E-state index in [0.29, 0.717) is 46.5 Å². The second-order valence-corrected chi connectivity index (χ2v) is 23.2. The van der Waals surface area contributed by atoms with Gasteiger partial charge in [0.1, 0.15) is 28.9 Å². The molecule has 0 saturated carbocycles. The number of phenols is 1. The Bertz CT molecular complexity index is 3470. The fourth-order valence-corrected chi connectivity index (χ4v) is 12.2. The van der Waals surface area contributed by atoms with E-state index in [9.17, 15) is 29.0 Å². The molecule has 4 N–H and O–H groups in total. The lowest BCUT2D eigenvalue weighted by Gasteiger charge is -2.35. The molecule has 3 aliphatic rings. The Hall–Kier alpha value is -7.10. The molecule has 4 aromatic carbocycles. The second kappa shape index (κ2) is 23.2. The number of aryl methyl sites for hydroxylation is 1. The topological polar surface area (TPSA) is 209 Å². The van der Waals surface area contributed by atoms with Crippen LogP contribution in [0.25, 0.3) is 43.2 Å². The number of piperidine rings is 1. The number of carbonyl (C=O) groups excluding carboxylic acids is 3. The third-order valence-electron chi connectivity index (χ3n) is 15.6. The number of halogens is 3. The number of nitrogens with zero attached hydrogens (tertiary/aromatic N) is 7. The van der Waals surface area contributed by atoms with E-state index in [-0.39, 0.29) is 91.0 Å². The first-order chi connectivity index (χ1) is 38.3. The standard InChI is InChI=1S/C59H64ClF2N9O8S/c1-33(78-57-66-52-45(54(67-57)70-19-21-71(22-20-70)55(75)34(2)61)25-46(60)50(51(52)62)44-24-41(72)23-40-9-7-8-10-43(40)44)30-69-17-15-37(16-18-69)31-77-49-26-48(79-68-49)58(5,6)28-47(74)59(27-42(73)29-64-59)56(76)65-35(3)38-11-13-39(14-12-38)53-36(4)63-32-80-53/h7-14,23-26,32-33,35,37,42,64,72-73H,2,15-22,27-31H2,1,3-6H3,(H,65,76)/t33-,35+,42?,59-/m1/s1. The number of rotatable bonds is 18. The molecule has 80 heavy (non-hydrogen) atoms. The molecular weight excluding hydrogens is 1070 g/mol. The van der Waals surface area contributed by atoms with Gasteiger partial charge in [0.15, 0.2) is 23.0 Å². The number of nitrogens with one attached hydrogen (secondary N) is 2. The number of anilines is 1. The van der Waals surface area contributed by atoms with Crippen LogP contribution < -0.4 is 25.0 Å². The van der Waals surface area contributed by atoms with Crippen molar-refractivity contribution in [2.45, 2.75) is 89.5 Å². The van der Waals surface area contributed by atoms with Gasteiger partial charge in [-0.2, -0.15) is 9.97 Å². The molecule has 10 rings (SSSR count). The van der Waals surface area contributed by atoms with E-state index >= 15 is 4.39 Å². The smallest absolute Gasteiger partial charge is 0.319 e. The lowest BCUT2D eigenvalue weighted by atomic mass is 9.77. The number of Topliss-reactive ketones (excluding diaryl/α,β-unsaturated/α-hetero) is 1. The highest BCUT2D eigenvalue weighted by Gasteiger charge is 2.52. The van der Waals surface area contributed by atoms with Gasteiger partial charge in [-0.25, -0.2) is 13.8 Å². The van der Waals surface area contributed by atoms with E-state index < -0.39 is 52.7 Å². The number of aliphatic hydroxyl groups is 1. The average molecular weight is 1130 g/mol. The Morgan fingerprint density at radius 3 is 2.44 bits per heavy atom. The van der Waals surface area contributed by atoms with Gasteiger partial charge in [-0.15, -0.1) is 11.3 Å². The van der Waals surface area contributed by atoms with Crippen LogP contribution >= 0.6 is 22.9 Å². The lowest BCUT2D eigenvalue weighted by Crippen LogP contribution is -2.60. The van der Waals surface area contributed by atoms with E-state index in [4.69, 9.17) is 30.6 Å². The van der Waals surface area contributed by atoms with Crippen molar-refractivity contribution in [1.82, 2.24) is 40.5 Å². The largest absolute Gasteiger partial charge is 0.508 e. The first-order valence-corrected chi connectivity index (χ1v) is 28.1. The number of amides is 2. The number of aromatic hydroxyl groups is 1. The molecule has 0 aliphatic carbocycles. The number of phenolic OH excluding ortho intramolecular Hbond substituents is 1. The predicted octanol–water partition coefficient (Wildman–Crippen LogP) is 9.27. The monoisotopic (exact) mass is 1130 g/mol. The number of hydrogen-bond acceptors (Lipinski definition) is 16. The van der Waals surface area contributed by atoms with Crippen LogP contribution in [0, 0.1) is 18.7 Å². The highest BCUT2D eigenvalue weighted by molar-refractivity contribution is 7.13. The summed E-state index contributed by atoms with van der Waals surface area (Å²) in [5.41, 5.74) is 2.53. The summed E-state index contributed by atoms with van der Waals surface area (Å²) in [7, 11) is 0. The predicted molar refractivity (Wildman–Crippen MR) is 302 cm³/mol. The lowest BCUT2D eigenvalue weighted by molar-refractivity contribution is -0.138. The Balaban J connectivity index is 0.757. The van der Waals surface area contributed by atoms with Crippen LogP contribution in [0.1, 0.15) is 76.4 Å². The second-order valence-electron chi connectivity index (χ2n) is 21.9. The summed E-state index contributed by atoms with van der Waals surface area (Å²) in [6.07, 6.45) is 0.174. The van der Waals surface area contributed by atoms with Gasteiger partial charge in [0.05, 0.1) is 39.9 Å². The molecule has 420 valence electrons. The van der Waals surface area contributed by atoms with Crippen LogP contribution in [-0.4, -0.2) is 134 Å². The maximum atomic E-state index is 17.2. The van der Waals surface area contributed by atoms with E-state index in [2.05, 4.69) is 37.2 Å². The van der Waals surface area contributed by atoms with Gasteiger partial charge < -0.3 is 39.3 Å². The summed E-state index contributed by atoms with van der Waals surface area (Å²) in [4.78, 5) is 61.1. The number of fused-ring (bicyclic) bond motifs is 2. The van der Waals surface area contributed by atoms with Crippen LogP contribution in [0.5, 0.6) is 17.6 Å². The van der Waals surface area contributed by atoms with Crippen molar-refractivity contribution < 1.29 is 47.4 Å². The quantitative estimate of drug-likeness (QED) is 0.0466. The zero-order valence-corrected chi connectivity index (χ0v) is 46.8. The van der Waals surface area contributed by atoms with Crippen molar-refractivity contribution in [3.05, 3.63) is 119 Å². The van der Waals surface area contributed by atoms with Crippen molar-refractivity contribution in [1.29, 1.82) is 0 Å². The molecule has 4 atom stereocenters. The number of likely N-dealkylation sites (tertiary alicyclic amines) is 1. The number of aromatic nitrogens is 4. The number of ketones is 1. The zero-order chi connectivity index (χ0) is 56.6. The maximum absolute atomic E-state index is 17.2. The number of benzene rings is 4. The van der Waals surface area contributed by atoms with E-state index in [0.717, 1.165) is 47.6 Å². The van der Waals surface area contributed by atoms with Gasteiger partial charge in [-0.1, -0.05) is 80.6 Å². The number of piperazine rings is 1. The summed E-state index contributed by atoms with van der Waals surface area (Å²) in [6, 6.07) is 21.1. The molecule has 0 spiro atoms. The molecule has 1 unspecified atom stereocenters. The molecule has 0 bridgehead atoms. The normalized spacial score (nSPS) is 19.1. The summed E-state index contributed by atoms with van der Waals surface area (Å²) in [5, 5.41) is 33.4. The summed E-state index contributed by atoms with van der Waals surface area (Å²) < 4.78 is 49.3. The van der Waals surface area contributed by atoms with Crippen LogP contribution in [-0.2, 0) is 19.8 Å². The van der Waals surface area contributed by atoms with Crippen LogP contribution in [0.3, 0.4) is 0 Å². The molecule has 7 aromatic rings. The minimum absolute atomic E-state index is 0.0427. The Morgan fingerprint density at radius 2 is 1.75 bits per heavy atom. The van der Waals surface area contributed by atoms with E-state index in [1.54, 1.807) is 29.5 Å². The Morgan fingerprint density at radius 1 is 1.01 bits per heavy atom. The molecule has 6 heterocycles. The van der Waals surface area contributed by atoms with Crippen LogP contribution in [0.15, 0.2) is 95.2 Å². The minimum Gasteiger partial charge on any atom is -0.508 e. The molecule has 3 aliphatic heterocycles. The minimum atomic E-state index is -1.64. The summed E-state index contributed by atoms with van der Waals surface area (Å²) in [6.45, 7) is 15.9. The third kappa shape index (κ3) is 11.7. The van der Waals surface area contributed by atoms with Crippen LogP contribution in [0.2, 0.25) is 5.02 Å². The first kappa shape index (κ1) is 56.2. The van der Waals surface area contributed by atoms with Gasteiger partial charge >= 0.3 is 6.01 Å². The SMILES string of the molecule is C=C(F)C(=O)N1CCN(c2nc(O[C@H](C)CN3CCC(COc4cc(C(C)(C)CC(=O)[C@@]5(C(=O)N[C@@H](C)c6ccc(-c7scnc7C)cc6)CC(O)CN5)on4)CC3)nc3c(F)c(-c4cc(O)cc5ccccc45)c(Cl)cc23)CC1. The third-order valence-corrected chi connectivity index (χ3v) is 16.9. The summed E-state index contributed by atoms with van der Waals surface area (Å²) in [5.74, 6) is -2.24. The molecule has 17 nitrogen and oxygen atoms in total. The number of aliphatic hydroxyl groups excluding tert-OH is 1. The molecule has 3 aromatic heterocycles. The van der Waals surface area contributed by atoms with Gasteiger partial charge in [0.25, 0.3) is 11.8 Å². The maximum Gasteiger partial charge on any atom is 0.319 e. The van der Waals surface area contributed by atoms with Crippen molar-refractivity contribution >= 4 is 68.0 Å². The number of ether oxygens (including phenoxy) is 2. The van der Waals surface area contributed by atoms with Crippen molar-refractivity contribution in [2.24, 2.45) is 5.92 Å². The average Bonchev–Trinajstić information content (AvgIpc) is 4.28. The van der Waals surface area contributed by atoms with E-state index in [1.165, 1.54) is 11.0 Å². The fourth-order valence-electron chi connectivity index (χ4n) is 11.1. The van der Waals surface area contributed by atoms with Gasteiger partial charge in [-0.3, -0.25) is 24.6 Å². The number of thiazole rings is 1. The molecule has 2 amide bonds. The van der Waals surface area contributed by atoms with Crippen molar-refractivity contribution in [3.8, 4) is 39.2 Å². The highest BCUT2D eigenvalue weighted by Crippen LogP contribution is 2.43. The fraction of sp³-hybridized carbons (Fsp3) is 0.407. The molecular formula is C59H64ClF2N9O8S. The Labute approximate surface area is 470 Å². The molecule has 21 heteroatoms. The number of hydrogen-bond donors (Lipinski definition) is 4. The summed E-state index contributed by atoms with van der Waals surface area (Å²) >= 11 is 8.49. The number of carbonyl (C=O) groups is 3. The number of β-amino-alcohol motifs (C(OH)–C–C–N with tert-alkyl or cyclic N) is 1. The molecule has 3 saturated heterocycles. The van der Waals surface area contributed by atoms with Crippen molar-refractivity contribution in [3.63, 3.8) is 0 Å². The highest BCUT2D eigenvalue weighted by atomic mass is 35.5. The molecule has 3 fully saturated rings. The van der Waals surface area contributed by atoms with E-state index in [1.807, 2.05) is 93.6 Å². The zero-order valence-electron chi connectivity index (χ0n) is 45.2.